The number of benzene rings is 2. The Labute approximate surface area is 193 Å². The number of hydrogen-bond acceptors (Lipinski definition) is 6. The maximum Gasteiger partial charge on any atom is 0.269 e. The molecule has 0 aliphatic rings. The number of aromatic nitrogens is 3. The van der Waals surface area contributed by atoms with Crippen LogP contribution in [0.4, 0.5) is 5.13 Å². The number of carbonyl (C=O) groups is 1. The Morgan fingerprint density at radius 3 is 2.56 bits per heavy atom. The van der Waals surface area contributed by atoms with Crippen molar-refractivity contribution in [3.8, 4) is 22.7 Å². The number of ether oxygens (including phenoxy) is 1. The highest BCUT2D eigenvalue weighted by atomic mass is 32.1. The van der Waals surface area contributed by atoms with Gasteiger partial charge in [-0.25, -0.2) is 9.67 Å². The SMILES string of the molecule is COc1ccc(-c2csc(N(C)C(=O)c3cc4c(C)nn(-c5ccccc5)c4s3)n2)cc1. The predicted octanol–water partition coefficient (Wildman–Crippen LogP) is 5.80. The van der Waals surface area contributed by atoms with Crippen LogP contribution in [0.2, 0.25) is 0 Å². The van der Waals surface area contributed by atoms with Crippen LogP contribution < -0.4 is 9.64 Å². The fourth-order valence-electron chi connectivity index (χ4n) is 3.46. The number of nitrogens with zero attached hydrogens (tertiary/aromatic N) is 4. The van der Waals surface area contributed by atoms with Crippen molar-refractivity contribution < 1.29 is 9.53 Å². The third kappa shape index (κ3) is 3.57. The molecule has 0 bridgehead atoms. The molecule has 0 unspecified atom stereocenters. The first-order valence-electron chi connectivity index (χ1n) is 9.98. The van der Waals surface area contributed by atoms with Gasteiger partial charge in [0.15, 0.2) is 5.13 Å². The van der Waals surface area contributed by atoms with Crippen LogP contribution in [0.25, 0.3) is 27.2 Å². The van der Waals surface area contributed by atoms with E-state index in [2.05, 4.69) is 10.1 Å². The van der Waals surface area contributed by atoms with Gasteiger partial charge in [-0.2, -0.15) is 5.10 Å². The second-order valence-electron chi connectivity index (χ2n) is 7.27. The number of hydrogen-bond donors (Lipinski definition) is 0. The summed E-state index contributed by atoms with van der Waals surface area (Å²) in [5.41, 5.74) is 3.69. The molecule has 160 valence electrons. The molecule has 5 aromatic rings. The van der Waals surface area contributed by atoms with Crippen LogP contribution in [0.5, 0.6) is 5.75 Å². The molecule has 1 amide bonds. The van der Waals surface area contributed by atoms with E-state index in [1.54, 1.807) is 19.1 Å². The first kappa shape index (κ1) is 20.4. The van der Waals surface area contributed by atoms with Crippen molar-refractivity contribution >= 4 is 43.9 Å². The van der Waals surface area contributed by atoms with E-state index >= 15 is 0 Å². The zero-order valence-corrected chi connectivity index (χ0v) is 19.4. The minimum Gasteiger partial charge on any atom is -0.497 e. The third-order valence-corrected chi connectivity index (χ3v) is 7.24. The molecule has 0 spiro atoms. The average molecular weight is 461 g/mol. The Balaban J connectivity index is 1.43. The van der Waals surface area contributed by atoms with E-state index in [4.69, 9.17) is 4.74 Å². The molecule has 2 aromatic carbocycles. The van der Waals surface area contributed by atoms with Gasteiger partial charge in [0.25, 0.3) is 5.91 Å². The van der Waals surface area contributed by atoms with Gasteiger partial charge >= 0.3 is 0 Å². The number of carbonyl (C=O) groups excluding carboxylic acids is 1. The van der Waals surface area contributed by atoms with Crippen LogP contribution in [0.15, 0.2) is 66.0 Å². The molecular weight excluding hydrogens is 440 g/mol. The molecule has 0 N–H and O–H groups in total. The first-order valence-corrected chi connectivity index (χ1v) is 11.7. The van der Waals surface area contributed by atoms with Crippen molar-refractivity contribution in [2.45, 2.75) is 6.92 Å². The van der Waals surface area contributed by atoms with Gasteiger partial charge in [-0.05, 0) is 49.4 Å². The Hall–Kier alpha value is -3.49. The molecule has 3 aromatic heterocycles. The number of rotatable bonds is 5. The summed E-state index contributed by atoms with van der Waals surface area (Å²) >= 11 is 2.90. The van der Waals surface area contributed by atoms with Crippen molar-refractivity contribution in [3.05, 3.63) is 76.6 Å². The molecule has 0 saturated heterocycles. The number of thiazole rings is 1. The van der Waals surface area contributed by atoms with Gasteiger partial charge in [0.05, 0.1) is 29.1 Å². The molecule has 0 atom stereocenters. The van der Waals surface area contributed by atoms with E-state index in [1.807, 2.05) is 77.6 Å². The molecule has 32 heavy (non-hydrogen) atoms. The lowest BCUT2D eigenvalue weighted by Gasteiger charge is -2.12. The minimum absolute atomic E-state index is 0.0826. The summed E-state index contributed by atoms with van der Waals surface area (Å²) in [6.07, 6.45) is 0. The normalized spacial score (nSPS) is 11.1. The van der Waals surface area contributed by atoms with E-state index in [0.717, 1.165) is 38.6 Å². The van der Waals surface area contributed by atoms with Crippen molar-refractivity contribution in [2.24, 2.45) is 0 Å². The van der Waals surface area contributed by atoms with Gasteiger partial charge in [0, 0.05) is 23.4 Å². The fourth-order valence-corrected chi connectivity index (χ4v) is 5.42. The van der Waals surface area contributed by atoms with Crippen LogP contribution in [-0.2, 0) is 0 Å². The highest BCUT2D eigenvalue weighted by Gasteiger charge is 2.22. The van der Waals surface area contributed by atoms with Gasteiger partial charge in [-0.15, -0.1) is 22.7 Å². The van der Waals surface area contributed by atoms with Gasteiger partial charge < -0.3 is 4.74 Å². The van der Waals surface area contributed by atoms with E-state index in [0.29, 0.717) is 10.0 Å². The lowest BCUT2D eigenvalue weighted by molar-refractivity contribution is 0.0997. The van der Waals surface area contributed by atoms with Crippen molar-refractivity contribution in [3.63, 3.8) is 0 Å². The van der Waals surface area contributed by atoms with Crippen LogP contribution in [0.3, 0.4) is 0 Å². The summed E-state index contributed by atoms with van der Waals surface area (Å²) in [6, 6.07) is 19.6. The van der Waals surface area contributed by atoms with E-state index in [9.17, 15) is 4.79 Å². The average Bonchev–Trinajstić information content (AvgIpc) is 3.56. The predicted molar refractivity (Wildman–Crippen MR) is 131 cm³/mol. The Morgan fingerprint density at radius 1 is 1.09 bits per heavy atom. The summed E-state index contributed by atoms with van der Waals surface area (Å²) in [7, 11) is 3.41. The quantitative estimate of drug-likeness (QED) is 0.332. The topological polar surface area (TPSA) is 60.2 Å². The molecule has 0 saturated carbocycles. The molecule has 3 heterocycles. The molecular formula is C24H20N4O2S2. The molecule has 5 rings (SSSR count). The van der Waals surface area contributed by atoms with Gasteiger partial charge in [-0.3, -0.25) is 9.69 Å². The first-order chi connectivity index (χ1) is 15.5. The zero-order chi connectivity index (χ0) is 22.2. The summed E-state index contributed by atoms with van der Waals surface area (Å²) in [5, 5.41) is 8.26. The van der Waals surface area contributed by atoms with Gasteiger partial charge in [0.2, 0.25) is 0 Å². The Kier molecular flexibility index (Phi) is 5.24. The van der Waals surface area contributed by atoms with Crippen molar-refractivity contribution in [2.75, 3.05) is 19.1 Å². The van der Waals surface area contributed by atoms with Crippen LogP contribution in [-0.4, -0.2) is 34.8 Å². The highest BCUT2D eigenvalue weighted by Crippen LogP contribution is 2.33. The maximum atomic E-state index is 13.3. The molecule has 0 aliphatic heterocycles. The smallest absolute Gasteiger partial charge is 0.269 e. The highest BCUT2D eigenvalue weighted by molar-refractivity contribution is 7.20. The van der Waals surface area contributed by atoms with Crippen molar-refractivity contribution in [1.29, 1.82) is 0 Å². The Morgan fingerprint density at radius 2 is 1.84 bits per heavy atom. The zero-order valence-electron chi connectivity index (χ0n) is 17.8. The van der Waals surface area contributed by atoms with Crippen LogP contribution in [0, 0.1) is 6.92 Å². The molecule has 0 radical (unpaired) electrons. The summed E-state index contributed by atoms with van der Waals surface area (Å²) in [5.74, 6) is 0.714. The minimum atomic E-state index is -0.0826. The second-order valence-corrected chi connectivity index (χ2v) is 9.14. The molecule has 8 heteroatoms. The lowest BCUT2D eigenvalue weighted by atomic mass is 10.2. The second kappa shape index (κ2) is 8.22. The van der Waals surface area contributed by atoms with Crippen LogP contribution >= 0.6 is 22.7 Å². The molecule has 0 fully saturated rings. The largest absolute Gasteiger partial charge is 0.497 e. The monoisotopic (exact) mass is 460 g/mol. The maximum absolute atomic E-state index is 13.3. The number of aryl methyl sites for hydroxylation is 1. The summed E-state index contributed by atoms with van der Waals surface area (Å²) in [4.78, 5) is 21.2. The number of para-hydroxylation sites is 1. The molecule has 6 nitrogen and oxygen atoms in total. The van der Waals surface area contributed by atoms with E-state index < -0.39 is 0 Å². The number of fused-ring (bicyclic) bond motifs is 1. The number of anilines is 1. The number of amides is 1. The van der Waals surface area contributed by atoms with E-state index in [-0.39, 0.29) is 5.91 Å². The number of thiophene rings is 1. The third-order valence-electron chi connectivity index (χ3n) is 5.23. The van der Waals surface area contributed by atoms with E-state index in [1.165, 1.54) is 22.7 Å². The van der Waals surface area contributed by atoms with Crippen molar-refractivity contribution in [1.82, 2.24) is 14.8 Å². The Bertz CT molecular complexity index is 1400. The molecule has 0 aliphatic carbocycles. The van der Waals surface area contributed by atoms with Gasteiger partial charge in [0.1, 0.15) is 10.6 Å². The summed E-state index contributed by atoms with van der Waals surface area (Å²) in [6.45, 7) is 1.97. The fraction of sp³-hybridized carbons (Fsp3) is 0.125. The van der Waals surface area contributed by atoms with Crippen LogP contribution in [0.1, 0.15) is 15.4 Å². The standard InChI is InChI=1S/C24H20N4O2S2/c1-15-19-13-21(32-23(19)28(26-15)17-7-5-4-6-8-17)22(29)27(2)24-25-20(14-31-24)16-9-11-18(30-3)12-10-16/h4-14H,1-3H3. The van der Waals surface area contributed by atoms with Gasteiger partial charge in [-0.1, -0.05) is 18.2 Å². The summed E-state index contributed by atoms with van der Waals surface area (Å²) < 4.78 is 7.12. The lowest BCUT2D eigenvalue weighted by Crippen LogP contribution is -2.25. The number of methoxy groups -OCH3 is 1.